The van der Waals surface area contributed by atoms with E-state index in [9.17, 15) is 9.59 Å². The van der Waals surface area contributed by atoms with Crippen LogP contribution in [0, 0.1) is 0 Å². The van der Waals surface area contributed by atoms with Gasteiger partial charge in [0.05, 0.1) is 30.7 Å². The summed E-state index contributed by atoms with van der Waals surface area (Å²) in [6, 6.07) is 21.7. The molecule has 1 atom stereocenters. The Kier molecular flexibility index (Phi) is 5.80. The lowest BCUT2D eigenvalue weighted by molar-refractivity contribution is 0.0714. The predicted molar refractivity (Wildman–Crippen MR) is 129 cm³/mol. The van der Waals surface area contributed by atoms with Crippen LogP contribution in [0.3, 0.4) is 0 Å². The average Bonchev–Trinajstić information content (AvgIpc) is 3.15. The van der Waals surface area contributed by atoms with E-state index in [1.165, 1.54) is 0 Å². The molecule has 0 bridgehead atoms. The molecule has 2 heterocycles. The lowest BCUT2D eigenvalue weighted by Crippen LogP contribution is -2.29. The number of hydrogen-bond acceptors (Lipinski definition) is 5. The van der Waals surface area contributed by atoms with Gasteiger partial charge in [0.15, 0.2) is 16.9 Å². The predicted octanol–water partition coefficient (Wildman–Crippen LogP) is 5.34. The van der Waals surface area contributed by atoms with Crippen molar-refractivity contribution in [2.45, 2.75) is 25.9 Å². The van der Waals surface area contributed by atoms with E-state index < -0.39 is 6.04 Å². The van der Waals surface area contributed by atoms with Gasteiger partial charge in [0.25, 0.3) is 5.91 Å². The average molecular weight is 456 g/mol. The van der Waals surface area contributed by atoms with Gasteiger partial charge in [0.1, 0.15) is 5.58 Å². The number of methoxy groups -OCH3 is 1. The monoisotopic (exact) mass is 455 g/mol. The van der Waals surface area contributed by atoms with E-state index >= 15 is 0 Å². The van der Waals surface area contributed by atoms with Crippen molar-refractivity contribution in [2.24, 2.45) is 0 Å². The largest absolute Gasteiger partial charge is 0.493 e. The van der Waals surface area contributed by atoms with Gasteiger partial charge in [-0.1, -0.05) is 55.5 Å². The van der Waals surface area contributed by atoms with E-state index in [1.807, 2.05) is 55.5 Å². The molecule has 5 rings (SSSR count). The van der Waals surface area contributed by atoms with Crippen LogP contribution in [-0.2, 0) is 6.54 Å². The Labute approximate surface area is 197 Å². The van der Waals surface area contributed by atoms with E-state index in [2.05, 4.69) is 0 Å². The van der Waals surface area contributed by atoms with Crippen LogP contribution in [0.4, 0.5) is 0 Å². The second-order valence-electron chi connectivity index (χ2n) is 8.25. The number of carbonyl (C=O) groups excluding carboxylic acids is 1. The molecule has 6 heteroatoms. The Hall–Kier alpha value is -4.06. The third-order valence-corrected chi connectivity index (χ3v) is 6.03. The van der Waals surface area contributed by atoms with Crippen molar-refractivity contribution in [1.82, 2.24) is 4.90 Å². The summed E-state index contributed by atoms with van der Waals surface area (Å²) < 4.78 is 17.4. The van der Waals surface area contributed by atoms with Crippen LogP contribution < -0.4 is 14.9 Å². The second-order valence-corrected chi connectivity index (χ2v) is 8.25. The van der Waals surface area contributed by atoms with Gasteiger partial charge in [-0.05, 0) is 41.8 Å². The SMILES string of the molecule is CCCOc1ccc(C2c3c(oc4ccccc4c3=O)C(=O)N2Cc2ccccc2)cc1OC. The van der Waals surface area contributed by atoms with E-state index in [-0.39, 0.29) is 17.1 Å². The smallest absolute Gasteiger partial charge is 0.291 e. The highest BCUT2D eigenvalue weighted by Crippen LogP contribution is 2.41. The van der Waals surface area contributed by atoms with Gasteiger partial charge < -0.3 is 18.8 Å². The van der Waals surface area contributed by atoms with Crippen molar-refractivity contribution < 1.29 is 18.7 Å². The molecule has 3 aromatic carbocycles. The van der Waals surface area contributed by atoms with Crippen LogP contribution in [0.15, 0.2) is 82.0 Å². The van der Waals surface area contributed by atoms with Gasteiger partial charge in [-0.15, -0.1) is 0 Å². The number of nitrogens with zero attached hydrogens (tertiary/aromatic N) is 1. The standard InChI is InChI=1S/C28H25NO5/c1-3-15-33-22-14-13-19(16-23(22)32-2)25-24-26(30)20-11-7-8-12-21(20)34-27(24)28(31)29(25)17-18-9-5-4-6-10-18/h4-14,16,25H,3,15,17H2,1-2H3. The van der Waals surface area contributed by atoms with E-state index in [0.717, 1.165) is 17.5 Å². The van der Waals surface area contributed by atoms with Crippen molar-refractivity contribution in [1.29, 1.82) is 0 Å². The number of para-hydroxylation sites is 1. The van der Waals surface area contributed by atoms with Gasteiger partial charge in [-0.25, -0.2) is 0 Å². The van der Waals surface area contributed by atoms with Crippen molar-refractivity contribution >= 4 is 16.9 Å². The van der Waals surface area contributed by atoms with Crippen molar-refractivity contribution in [3.05, 3.63) is 105 Å². The number of ether oxygens (including phenoxy) is 2. The third-order valence-electron chi connectivity index (χ3n) is 6.03. The van der Waals surface area contributed by atoms with Crippen LogP contribution in [0.5, 0.6) is 11.5 Å². The topological polar surface area (TPSA) is 69.0 Å². The molecule has 0 radical (unpaired) electrons. The third kappa shape index (κ3) is 3.71. The Morgan fingerprint density at radius 2 is 1.71 bits per heavy atom. The Bertz CT molecular complexity index is 1410. The molecule has 1 aromatic heterocycles. The maximum Gasteiger partial charge on any atom is 0.291 e. The van der Waals surface area contributed by atoms with Gasteiger partial charge in [0.2, 0.25) is 5.76 Å². The molecule has 1 amide bonds. The molecular formula is C28H25NO5. The minimum atomic E-state index is -0.613. The molecule has 0 fully saturated rings. The maximum atomic E-state index is 13.6. The Morgan fingerprint density at radius 3 is 2.47 bits per heavy atom. The molecule has 34 heavy (non-hydrogen) atoms. The molecule has 6 nitrogen and oxygen atoms in total. The van der Waals surface area contributed by atoms with Crippen molar-refractivity contribution in [3.8, 4) is 11.5 Å². The van der Waals surface area contributed by atoms with Crippen molar-refractivity contribution in [2.75, 3.05) is 13.7 Å². The fourth-order valence-electron chi connectivity index (χ4n) is 4.44. The van der Waals surface area contributed by atoms with Crippen molar-refractivity contribution in [3.63, 3.8) is 0 Å². The fraction of sp³-hybridized carbons (Fsp3) is 0.214. The maximum absolute atomic E-state index is 13.6. The number of rotatable bonds is 7. The molecule has 0 N–H and O–H groups in total. The molecule has 1 aliphatic heterocycles. The van der Waals surface area contributed by atoms with E-state index in [1.54, 1.807) is 36.3 Å². The number of carbonyl (C=O) groups is 1. The second kappa shape index (κ2) is 9.06. The zero-order valence-electron chi connectivity index (χ0n) is 19.1. The number of hydrogen-bond donors (Lipinski definition) is 0. The summed E-state index contributed by atoms with van der Waals surface area (Å²) in [5.74, 6) is 0.960. The fourth-order valence-corrected chi connectivity index (χ4v) is 4.44. The van der Waals surface area contributed by atoms with Crippen LogP contribution in [0.1, 0.15) is 46.6 Å². The summed E-state index contributed by atoms with van der Waals surface area (Å²) >= 11 is 0. The van der Waals surface area contributed by atoms with Crippen LogP contribution in [0.2, 0.25) is 0 Å². The molecule has 172 valence electrons. The highest BCUT2D eigenvalue weighted by Gasteiger charge is 2.43. The van der Waals surface area contributed by atoms with E-state index in [0.29, 0.717) is 41.2 Å². The highest BCUT2D eigenvalue weighted by atomic mass is 16.5. The summed E-state index contributed by atoms with van der Waals surface area (Å²) in [6.45, 7) is 2.93. The lowest BCUT2D eigenvalue weighted by Gasteiger charge is -2.26. The van der Waals surface area contributed by atoms with Gasteiger partial charge >= 0.3 is 0 Å². The molecule has 0 spiro atoms. The van der Waals surface area contributed by atoms with Crippen LogP contribution in [-0.4, -0.2) is 24.5 Å². The summed E-state index contributed by atoms with van der Waals surface area (Å²) in [7, 11) is 1.58. The first-order chi connectivity index (χ1) is 16.6. The first-order valence-corrected chi connectivity index (χ1v) is 11.3. The van der Waals surface area contributed by atoms with Crippen LogP contribution in [0.25, 0.3) is 11.0 Å². The Balaban J connectivity index is 1.68. The molecule has 1 aliphatic rings. The van der Waals surface area contributed by atoms with Gasteiger partial charge in [0, 0.05) is 6.54 Å². The first-order valence-electron chi connectivity index (χ1n) is 11.3. The van der Waals surface area contributed by atoms with Gasteiger partial charge in [-0.2, -0.15) is 0 Å². The highest BCUT2D eigenvalue weighted by molar-refractivity contribution is 5.99. The molecule has 0 saturated heterocycles. The molecule has 1 unspecified atom stereocenters. The van der Waals surface area contributed by atoms with E-state index in [4.69, 9.17) is 13.9 Å². The molecular weight excluding hydrogens is 430 g/mol. The summed E-state index contributed by atoms with van der Waals surface area (Å²) in [6.07, 6.45) is 0.869. The summed E-state index contributed by atoms with van der Waals surface area (Å²) in [4.78, 5) is 28.9. The van der Waals surface area contributed by atoms with Crippen LogP contribution >= 0.6 is 0 Å². The minimum absolute atomic E-state index is 0.0925. The number of amides is 1. The van der Waals surface area contributed by atoms with Gasteiger partial charge in [-0.3, -0.25) is 9.59 Å². The zero-order valence-corrected chi connectivity index (χ0v) is 19.1. The normalized spacial score (nSPS) is 14.9. The summed E-state index contributed by atoms with van der Waals surface area (Å²) in [5.41, 5.74) is 2.27. The minimum Gasteiger partial charge on any atom is -0.493 e. The summed E-state index contributed by atoms with van der Waals surface area (Å²) in [5, 5.41) is 0.454. The molecule has 0 saturated carbocycles. The number of benzene rings is 3. The molecule has 0 aliphatic carbocycles. The number of fused-ring (bicyclic) bond motifs is 2. The first kappa shape index (κ1) is 21.8. The lowest BCUT2D eigenvalue weighted by atomic mass is 9.97. The quantitative estimate of drug-likeness (QED) is 0.376. The molecule has 4 aromatic rings. The zero-order chi connectivity index (χ0) is 23.7. The Morgan fingerprint density at radius 1 is 0.941 bits per heavy atom.